The number of piperazine rings is 1. The zero-order chi connectivity index (χ0) is 12.3. The molecule has 0 aliphatic carbocycles. The summed E-state index contributed by atoms with van der Waals surface area (Å²) in [4.78, 5) is 2.23. The number of ether oxygens (including phenoxy) is 1. The summed E-state index contributed by atoms with van der Waals surface area (Å²) < 4.78 is 28.7. The lowest BCUT2D eigenvalue weighted by Crippen LogP contribution is -2.43. The van der Waals surface area contributed by atoms with Crippen LogP contribution in [0.1, 0.15) is 5.56 Å². The van der Waals surface area contributed by atoms with E-state index in [1.54, 1.807) is 13.0 Å². The van der Waals surface area contributed by atoms with E-state index in [4.69, 9.17) is 0 Å². The first kappa shape index (κ1) is 12.1. The summed E-state index contributed by atoms with van der Waals surface area (Å²) in [6, 6.07) is 5.33. The van der Waals surface area contributed by atoms with Crippen LogP contribution in [0, 0.1) is 6.92 Å². The van der Waals surface area contributed by atoms with Gasteiger partial charge in [-0.2, -0.15) is 8.78 Å². The molecule has 1 N–H and O–H groups in total. The molecule has 1 saturated heterocycles. The summed E-state index contributed by atoms with van der Waals surface area (Å²) >= 11 is 0. The number of rotatable bonds is 3. The highest BCUT2D eigenvalue weighted by Crippen LogP contribution is 2.25. The van der Waals surface area contributed by atoms with Crippen LogP contribution in [-0.4, -0.2) is 32.8 Å². The molecule has 0 unspecified atom stereocenters. The molecule has 0 radical (unpaired) electrons. The molecule has 0 amide bonds. The van der Waals surface area contributed by atoms with Gasteiger partial charge in [0.1, 0.15) is 5.75 Å². The fourth-order valence-electron chi connectivity index (χ4n) is 1.98. The van der Waals surface area contributed by atoms with Gasteiger partial charge >= 0.3 is 6.61 Å². The lowest BCUT2D eigenvalue weighted by Gasteiger charge is -2.29. The minimum Gasteiger partial charge on any atom is -0.435 e. The van der Waals surface area contributed by atoms with Gasteiger partial charge in [0, 0.05) is 31.9 Å². The van der Waals surface area contributed by atoms with Crippen LogP contribution in [0.5, 0.6) is 5.75 Å². The van der Waals surface area contributed by atoms with E-state index in [2.05, 4.69) is 15.0 Å². The molecule has 0 spiro atoms. The molecule has 1 aromatic rings. The Morgan fingerprint density at radius 3 is 2.59 bits per heavy atom. The van der Waals surface area contributed by atoms with Crippen LogP contribution in [0.25, 0.3) is 0 Å². The van der Waals surface area contributed by atoms with Crippen LogP contribution in [0.2, 0.25) is 0 Å². The summed E-state index contributed by atoms with van der Waals surface area (Å²) in [7, 11) is 0. The monoisotopic (exact) mass is 242 g/mol. The number of benzene rings is 1. The largest absolute Gasteiger partial charge is 0.435 e. The third-order valence-corrected chi connectivity index (χ3v) is 2.86. The Kier molecular flexibility index (Phi) is 3.78. The van der Waals surface area contributed by atoms with Crippen molar-refractivity contribution >= 4 is 5.69 Å². The van der Waals surface area contributed by atoms with E-state index in [1.165, 1.54) is 0 Å². The van der Waals surface area contributed by atoms with E-state index in [9.17, 15) is 8.78 Å². The van der Waals surface area contributed by atoms with Crippen molar-refractivity contribution in [2.45, 2.75) is 13.5 Å². The normalized spacial score (nSPS) is 16.4. The zero-order valence-electron chi connectivity index (χ0n) is 9.75. The van der Waals surface area contributed by atoms with Gasteiger partial charge in [-0.15, -0.1) is 0 Å². The highest BCUT2D eigenvalue weighted by molar-refractivity contribution is 5.53. The van der Waals surface area contributed by atoms with E-state index < -0.39 is 6.61 Å². The lowest BCUT2D eigenvalue weighted by atomic mass is 10.1. The molecule has 0 atom stereocenters. The number of anilines is 1. The summed E-state index contributed by atoms with van der Waals surface area (Å²) in [6.07, 6.45) is 0. The van der Waals surface area contributed by atoms with Gasteiger partial charge in [0.25, 0.3) is 0 Å². The van der Waals surface area contributed by atoms with E-state index in [-0.39, 0.29) is 5.75 Å². The highest BCUT2D eigenvalue weighted by Gasteiger charge is 2.13. The second-order valence-corrected chi connectivity index (χ2v) is 4.07. The topological polar surface area (TPSA) is 24.5 Å². The zero-order valence-corrected chi connectivity index (χ0v) is 9.75. The van der Waals surface area contributed by atoms with Gasteiger partial charge in [-0.1, -0.05) is 0 Å². The molecule has 2 rings (SSSR count). The van der Waals surface area contributed by atoms with Gasteiger partial charge in [0.2, 0.25) is 0 Å². The predicted octanol–water partition coefficient (Wildman–Crippen LogP) is 2.01. The fraction of sp³-hybridized carbons (Fsp3) is 0.500. The van der Waals surface area contributed by atoms with Crippen molar-refractivity contribution in [1.82, 2.24) is 5.32 Å². The van der Waals surface area contributed by atoms with E-state index in [0.717, 1.165) is 37.4 Å². The van der Waals surface area contributed by atoms with Crippen LogP contribution in [0.3, 0.4) is 0 Å². The maximum absolute atomic E-state index is 12.1. The maximum Gasteiger partial charge on any atom is 0.387 e. The van der Waals surface area contributed by atoms with Gasteiger partial charge in [-0.3, -0.25) is 0 Å². The molecule has 1 aromatic carbocycles. The summed E-state index contributed by atoms with van der Waals surface area (Å²) in [5.41, 5.74) is 1.80. The smallest absolute Gasteiger partial charge is 0.387 e. The predicted molar refractivity (Wildman–Crippen MR) is 62.9 cm³/mol. The maximum atomic E-state index is 12.1. The van der Waals surface area contributed by atoms with Crippen molar-refractivity contribution in [2.75, 3.05) is 31.1 Å². The first-order chi connectivity index (χ1) is 8.16. The van der Waals surface area contributed by atoms with Crippen LogP contribution in [0.4, 0.5) is 14.5 Å². The molecule has 3 nitrogen and oxygen atoms in total. The van der Waals surface area contributed by atoms with Crippen molar-refractivity contribution in [1.29, 1.82) is 0 Å². The molecule has 17 heavy (non-hydrogen) atoms. The van der Waals surface area contributed by atoms with Crippen LogP contribution in [0.15, 0.2) is 18.2 Å². The number of hydrogen-bond donors (Lipinski definition) is 1. The number of nitrogens with zero attached hydrogens (tertiary/aromatic N) is 1. The van der Waals surface area contributed by atoms with Crippen molar-refractivity contribution in [3.8, 4) is 5.75 Å². The first-order valence-corrected chi connectivity index (χ1v) is 5.68. The summed E-state index contributed by atoms with van der Waals surface area (Å²) in [5, 5.41) is 3.27. The third-order valence-electron chi connectivity index (χ3n) is 2.86. The van der Waals surface area contributed by atoms with Gasteiger partial charge in [0.15, 0.2) is 0 Å². The first-order valence-electron chi connectivity index (χ1n) is 5.68. The van der Waals surface area contributed by atoms with Crippen LogP contribution >= 0.6 is 0 Å². The molecule has 0 bridgehead atoms. The molecule has 1 heterocycles. The van der Waals surface area contributed by atoms with Gasteiger partial charge in [0.05, 0.1) is 0 Å². The Hall–Kier alpha value is -1.36. The SMILES string of the molecule is Cc1cc(N2CCNCC2)ccc1OC(F)F. The second kappa shape index (κ2) is 5.31. The van der Waals surface area contributed by atoms with E-state index in [0.29, 0.717) is 0 Å². The molecular weight excluding hydrogens is 226 g/mol. The highest BCUT2D eigenvalue weighted by atomic mass is 19.3. The lowest BCUT2D eigenvalue weighted by molar-refractivity contribution is -0.0502. The summed E-state index contributed by atoms with van der Waals surface area (Å²) in [6.45, 7) is 2.80. The van der Waals surface area contributed by atoms with Crippen molar-refractivity contribution in [2.24, 2.45) is 0 Å². The minimum absolute atomic E-state index is 0.249. The summed E-state index contributed by atoms with van der Waals surface area (Å²) in [5.74, 6) is 0.249. The van der Waals surface area contributed by atoms with Gasteiger partial charge in [-0.05, 0) is 30.7 Å². The Balaban J connectivity index is 2.12. The van der Waals surface area contributed by atoms with Crippen molar-refractivity contribution < 1.29 is 13.5 Å². The average Bonchev–Trinajstić information content (AvgIpc) is 2.32. The third kappa shape index (κ3) is 3.06. The quantitative estimate of drug-likeness (QED) is 0.877. The Morgan fingerprint density at radius 1 is 1.29 bits per heavy atom. The Labute approximate surface area is 99.4 Å². The van der Waals surface area contributed by atoms with E-state index >= 15 is 0 Å². The molecular formula is C12H16F2N2O. The molecule has 5 heteroatoms. The van der Waals surface area contributed by atoms with Gasteiger partial charge in [-0.25, -0.2) is 0 Å². The van der Waals surface area contributed by atoms with Crippen molar-refractivity contribution in [3.05, 3.63) is 23.8 Å². The molecule has 1 fully saturated rings. The Morgan fingerprint density at radius 2 is 2.00 bits per heavy atom. The molecule has 0 saturated carbocycles. The van der Waals surface area contributed by atoms with Crippen molar-refractivity contribution in [3.63, 3.8) is 0 Å². The number of alkyl halides is 2. The molecule has 1 aliphatic heterocycles. The number of nitrogens with one attached hydrogen (secondary N) is 1. The van der Waals surface area contributed by atoms with Crippen LogP contribution < -0.4 is 15.0 Å². The molecule has 94 valence electrons. The van der Waals surface area contributed by atoms with Gasteiger partial charge < -0.3 is 15.0 Å². The number of hydrogen-bond acceptors (Lipinski definition) is 3. The minimum atomic E-state index is -2.77. The molecule has 0 aromatic heterocycles. The average molecular weight is 242 g/mol. The van der Waals surface area contributed by atoms with E-state index in [1.807, 2.05) is 12.1 Å². The molecule has 1 aliphatic rings. The van der Waals surface area contributed by atoms with Crippen LogP contribution in [-0.2, 0) is 0 Å². The second-order valence-electron chi connectivity index (χ2n) is 4.07. The number of aryl methyl sites for hydroxylation is 1. The number of halogens is 2. The fourth-order valence-corrected chi connectivity index (χ4v) is 1.98. The standard InChI is InChI=1S/C12H16F2N2O/c1-9-8-10(16-6-4-15-5-7-16)2-3-11(9)17-12(13)14/h2-3,8,12,15H,4-7H2,1H3. The Bertz CT molecular complexity index is 379.